The Balaban J connectivity index is 2.27. The monoisotopic (exact) mass is 286 g/mol. The van der Waals surface area contributed by atoms with Gasteiger partial charge in [0.1, 0.15) is 5.75 Å². The van der Waals surface area contributed by atoms with Crippen molar-refractivity contribution in [2.45, 2.75) is 30.6 Å². The van der Waals surface area contributed by atoms with E-state index in [0.717, 1.165) is 32.2 Å². The van der Waals surface area contributed by atoms with E-state index in [1.807, 2.05) is 38.1 Å². The Labute approximate surface area is 124 Å². The molecule has 3 heteroatoms. The molecular weight excluding hydrogens is 268 g/mol. The maximum absolute atomic E-state index is 11.6. The highest BCUT2D eigenvalue weighted by molar-refractivity contribution is 7.99. The first-order valence-corrected chi connectivity index (χ1v) is 7.27. The van der Waals surface area contributed by atoms with Crippen molar-refractivity contribution in [1.82, 2.24) is 0 Å². The number of carbonyl (C=O) groups excluding carboxylic acids is 1. The van der Waals surface area contributed by atoms with E-state index in [9.17, 15) is 4.79 Å². The highest BCUT2D eigenvalue weighted by atomic mass is 32.2. The summed E-state index contributed by atoms with van der Waals surface area (Å²) in [4.78, 5) is 13.9. The Morgan fingerprint density at radius 1 is 1.00 bits per heavy atom. The molecule has 2 aromatic rings. The summed E-state index contributed by atoms with van der Waals surface area (Å²) >= 11 is 1.69. The largest absolute Gasteiger partial charge is 0.497 e. The zero-order valence-electron chi connectivity index (χ0n) is 12.2. The third-order valence-corrected chi connectivity index (χ3v) is 4.13. The first-order chi connectivity index (χ1) is 9.51. The molecule has 0 aromatic heterocycles. The fraction of sp³-hybridized carbons (Fsp3) is 0.235. The molecule has 0 heterocycles. The topological polar surface area (TPSA) is 26.3 Å². The summed E-state index contributed by atoms with van der Waals surface area (Å²) in [6.45, 7) is 5.59. The molecule has 0 N–H and O–H groups in total. The van der Waals surface area contributed by atoms with Crippen molar-refractivity contribution in [2.75, 3.05) is 7.11 Å². The van der Waals surface area contributed by atoms with Crippen LogP contribution in [0.4, 0.5) is 0 Å². The fourth-order valence-electron chi connectivity index (χ4n) is 2.32. The van der Waals surface area contributed by atoms with Gasteiger partial charge in [0.15, 0.2) is 5.78 Å². The number of ketones is 1. The molecular formula is C17H18O2S. The Hall–Kier alpha value is -1.74. The van der Waals surface area contributed by atoms with Crippen LogP contribution in [0, 0.1) is 13.8 Å². The minimum atomic E-state index is 0.126. The molecule has 0 aliphatic carbocycles. The van der Waals surface area contributed by atoms with Crippen molar-refractivity contribution in [3.63, 3.8) is 0 Å². The normalized spacial score (nSPS) is 10.4. The van der Waals surface area contributed by atoms with E-state index in [4.69, 9.17) is 4.74 Å². The van der Waals surface area contributed by atoms with E-state index >= 15 is 0 Å². The van der Waals surface area contributed by atoms with Gasteiger partial charge in [-0.3, -0.25) is 4.79 Å². The molecule has 2 aromatic carbocycles. The Kier molecular flexibility index (Phi) is 4.50. The Morgan fingerprint density at radius 3 is 2.00 bits per heavy atom. The number of Topliss-reactive ketones (excluding diaryl/α,β-unsaturated/α-hetero) is 1. The van der Waals surface area contributed by atoms with E-state index in [1.54, 1.807) is 25.8 Å². The third kappa shape index (κ3) is 3.23. The summed E-state index contributed by atoms with van der Waals surface area (Å²) in [7, 11) is 1.66. The second-order valence-corrected chi connectivity index (χ2v) is 5.91. The highest BCUT2D eigenvalue weighted by Gasteiger charge is 2.10. The molecule has 0 saturated heterocycles. The van der Waals surface area contributed by atoms with Crippen LogP contribution in [-0.4, -0.2) is 12.9 Å². The van der Waals surface area contributed by atoms with Gasteiger partial charge in [-0.25, -0.2) is 0 Å². The van der Waals surface area contributed by atoms with Gasteiger partial charge in [-0.1, -0.05) is 11.8 Å². The van der Waals surface area contributed by atoms with Gasteiger partial charge in [0.05, 0.1) is 7.11 Å². The van der Waals surface area contributed by atoms with Crippen LogP contribution in [0.1, 0.15) is 28.4 Å². The van der Waals surface area contributed by atoms with Gasteiger partial charge in [-0.15, -0.1) is 0 Å². The van der Waals surface area contributed by atoms with Crippen LogP contribution < -0.4 is 4.74 Å². The summed E-state index contributed by atoms with van der Waals surface area (Å²) in [5, 5.41) is 0. The number of hydrogen-bond donors (Lipinski definition) is 0. The predicted octanol–water partition coefficient (Wildman–Crippen LogP) is 4.67. The van der Waals surface area contributed by atoms with Crippen molar-refractivity contribution in [3.05, 3.63) is 53.1 Å². The number of rotatable bonds is 4. The molecule has 0 atom stereocenters. The number of methoxy groups -OCH3 is 1. The minimum Gasteiger partial charge on any atom is -0.497 e. The van der Waals surface area contributed by atoms with Crippen LogP contribution in [-0.2, 0) is 0 Å². The van der Waals surface area contributed by atoms with Gasteiger partial charge in [-0.2, -0.15) is 0 Å². The maximum Gasteiger partial charge on any atom is 0.160 e. The van der Waals surface area contributed by atoms with E-state index in [1.165, 1.54) is 0 Å². The summed E-state index contributed by atoms with van der Waals surface area (Å²) in [6.07, 6.45) is 0. The SMILES string of the molecule is COc1ccc(Sc2cc(C)c(C(C)=O)c(C)c2)cc1. The quantitative estimate of drug-likeness (QED) is 0.764. The highest BCUT2D eigenvalue weighted by Crippen LogP contribution is 2.31. The summed E-state index contributed by atoms with van der Waals surface area (Å²) < 4.78 is 5.15. The van der Waals surface area contributed by atoms with E-state index in [0.29, 0.717) is 0 Å². The Bertz CT molecular complexity index is 607. The van der Waals surface area contributed by atoms with Crippen LogP contribution in [0.25, 0.3) is 0 Å². The van der Waals surface area contributed by atoms with Gasteiger partial charge in [-0.05, 0) is 68.3 Å². The van der Waals surface area contributed by atoms with Crippen LogP contribution in [0.3, 0.4) is 0 Å². The molecule has 0 unspecified atom stereocenters. The van der Waals surface area contributed by atoms with E-state index in [2.05, 4.69) is 12.1 Å². The lowest BCUT2D eigenvalue weighted by Gasteiger charge is -2.10. The van der Waals surface area contributed by atoms with E-state index < -0.39 is 0 Å². The summed E-state index contributed by atoms with van der Waals surface area (Å²) in [6, 6.07) is 12.1. The van der Waals surface area contributed by atoms with Crippen molar-refractivity contribution in [1.29, 1.82) is 0 Å². The van der Waals surface area contributed by atoms with Gasteiger partial charge in [0.25, 0.3) is 0 Å². The molecule has 0 saturated carbocycles. The molecule has 0 fully saturated rings. The number of hydrogen-bond acceptors (Lipinski definition) is 3. The maximum atomic E-state index is 11.6. The molecule has 2 rings (SSSR count). The van der Waals surface area contributed by atoms with E-state index in [-0.39, 0.29) is 5.78 Å². The van der Waals surface area contributed by atoms with Gasteiger partial charge in [0.2, 0.25) is 0 Å². The molecule has 0 amide bonds. The molecule has 0 bridgehead atoms. The number of aryl methyl sites for hydroxylation is 2. The van der Waals surface area contributed by atoms with Crippen LogP contribution >= 0.6 is 11.8 Å². The fourth-order valence-corrected chi connectivity index (χ4v) is 3.33. The lowest BCUT2D eigenvalue weighted by molar-refractivity contribution is 0.101. The molecule has 0 radical (unpaired) electrons. The Morgan fingerprint density at radius 2 is 1.55 bits per heavy atom. The summed E-state index contributed by atoms with van der Waals surface area (Å²) in [5.41, 5.74) is 2.91. The second-order valence-electron chi connectivity index (χ2n) is 4.77. The summed E-state index contributed by atoms with van der Waals surface area (Å²) in [5.74, 6) is 0.981. The molecule has 20 heavy (non-hydrogen) atoms. The zero-order valence-corrected chi connectivity index (χ0v) is 13.0. The zero-order chi connectivity index (χ0) is 14.7. The van der Waals surface area contributed by atoms with Gasteiger partial charge >= 0.3 is 0 Å². The second kappa shape index (κ2) is 6.14. The smallest absolute Gasteiger partial charge is 0.160 e. The van der Waals surface area contributed by atoms with Crippen LogP contribution in [0.2, 0.25) is 0 Å². The van der Waals surface area contributed by atoms with Crippen molar-refractivity contribution in [3.8, 4) is 5.75 Å². The lowest BCUT2D eigenvalue weighted by atomic mass is 10.0. The number of carbonyl (C=O) groups is 1. The number of ether oxygens (including phenoxy) is 1. The molecule has 104 valence electrons. The molecule has 0 aliphatic rings. The average molecular weight is 286 g/mol. The number of benzene rings is 2. The predicted molar refractivity (Wildman–Crippen MR) is 83.0 cm³/mol. The molecule has 2 nitrogen and oxygen atoms in total. The average Bonchev–Trinajstić information content (AvgIpc) is 2.38. The van der Waals surface area contributed by atoms with Gasteiger partial charge in [0, 0.05) is 15.4 Å². The van der Waals surface area contributed by atoms with Gasteiger partial charge < -0.3 is 4.74 Å². The molecule has 0 spiro atoms. The standard InChI is InChI=1S/C17H18O2S/c1-11-9-16(10-12(2)17(11)13(3)18)20-15-7-5-14(19-4)6-8-15/h5-10H,1-4H3. The van der Waals surface area contributed by atoms with Crippen molar-refractivity contribution < 1.29 is 9.53 Å². The third-order valence-electron chi connectivity index (χ3n) is 3.15. The minimum absolute atomic E-state index is 0.126. The van der Waals surface area contributed by atoms with Crippen LogP contribution in [0.5, 0.6) is 5.75 Å². The lowest BCUT2D eigenvalue weighted by Crippen LogP contribution is -2.00. The first-order valence-electron chi connectivity index (χ1n) is 6.45. The van der Waals surface area contributed by atoms with Crippen LogP contribution in [0.15, 0.2) is 46.2 Å². The molecule has 0 aliphatic heterocycles. The van der Waals surface area contributed by atoms with Crippen molar-refractivity contribution in [2.24, 2.45) is 0 Å². The first kappa shape index (κ1) is 14.7. The van der Waals surface area contributed by atoms with Crippen molar-refractivity contribution >= 4 is 17.5 Å².